The van der Waals surface area contributed by atoms with Crippen LogP contribution in [0.2, 0.25) is 0 Å². The highest BCUT2D eigenvalue weighted by Gasteiger charge is 2.19. The maximum absolute atomic E-state index is 11.6. The van der Waals surface area contributed by atoms with Crippen molar-refractivity contribution in [1.29, 1.82) is 0 Å². The molecule has 16 heavy (non-hydrogen) atoms. The van der Waals surface area contributed by atoms with E-state index in [2.05, 4.69) is 10.6 Å². The van der Waals surface area contributed by atoms with Gasteiger partial charge < -0.3 is 16.4 Å². The van der Waals surface area contributed by atoms with Gasteiger partial charge in [-0.25, -0.2) is 0 Å². The van der Waals surface area contributed by atoms with Gasteiger partial charge >= 0.3 is 0 Å². The Kier molecular flexibility index (Phi) is 5.85. The molecule has 1 aliphatic rings. The summed E-state index contributed by atoms with van der Waals surface area (Å²) in [5, 5.41) is 6.06. The van der Waals surface area contributed by atoms with Crippen LogP contribution in [0.15, 0.2) is 0 Å². The van der Waals surface area contributed by atoms with Gasteiger partial charge in [-0.3, -0.25) is 9.59 Å². The highest BCUT2D eigenvalue weighted by molar-refractivity contribution is 5.81. The second-order valence-electron chi connectivity index (χ2n) is 4.22. The Morgan fingerprint density at radius 1 is 1.31 bits per heavy atom. The Morgan fingerprint density at radius 2 is 2.12 bits per heavy atom. The molecule has 5 heteroatoms. The molecule has 0 saturated carbocycles. The smallest absolute Gasteiger partial charge is 0.237 e. The third-order valence-electron chi connectivity index (χ3n) is 2.78. The number of rotatable bonds is 6. The van der Waals surface area contributed by atoms with E-state index in [-0.39, 0.29) is 17.9 Å². The van der Waals surface area contributed by atoms with Gasteiger partial charge in [-0.2, -0.15) is 0 Å². The average Bonchev–Trinajstić information content (AvgIpc) is 2.29. The van der Waals surface area contributed by atoms with Crippen molar-refractivity contribution < 1.29 is 9.59 Å². The van der Waals surface area contributed by atoms with Crippen molar-refractivity contribution >= 4 is 11.8 Å². The van der Waals surface area contributed by atoms with Crippen LogP contribution in [0.4, 0.5) is 0 Å². The van der Waals surface area contributed by atoms with Crippen molar-refractivity contribution in [2.45, 2.75) is 44.6 Å². The minimum atomic E-state index is -0.278. The number of carbonyl (C=O) groups is 2. The maximum Gasteiger partial charge on any atom is 0.237 e. The molecule has 0 radical (unpaired) electrons. The van der Waals surface area contributed by atoms with Gasteiger partial charge in [-0.05, 0) is 32.2 Å². The van der Waals surface area contributed by atoms with Gasteiger partial charge in [0.05, 0.1) is 6.04 Å². The van der Waals surface area contributed by atoms with Gasteiger partial charge in [0, 0.05) is 13.0 Å². The van der Waals surface area contributed by atoms with Gasteiger partial charge in [0.25, 0.3) is 0 Å². The Balaban J connectivity index is 2.03. The number of nitrogens with one attached hydrogen (secondary N) is 2. The molecule has 0 spiro atoms. The van der Waals surface area contributed by atoms with Crippen molar-refractivity contribution in [3.63, 3.8) is 0 Å². The number of hydrogen-bond acceptors (Lipinski definition) is 3. The Morgan fingerprint density at radius 3 is 2.75 bits per heavy atom. The standard InChI is InChI=1S/C11H21N3O2/c12-10(15)6-2-4-8-14-11(16)9-5-1-3-7-13-9/h9,13H,1-8H2,(H2,12,15)(H,14,16)/t9-/m1/s1. The summed E-state index contributed by atoms with van der Waals surface area (Å²) in [7, 11) is 0. The Hall–Kier alpha value is -1.10. The lowest BCUT2D eigenvalue weighted by Crippen LogP contribution is -2.46. The number of unbranched alkanes of at least 4 members (excludes halogenated alkanes) is 1. The fourth-order valence-electron chi connectivity index (χ4n) is 1.83. The number of carbonyl (C=O) groups excluding carboxylic acids is 2. The third kappa shape index (κ3) is 5.11. The van der Waals surface area contributed by atoms with Gasteiger partial charge in [-0.15, -0.1) is 0 Å². The zero-order valence-electron chi connectivity index (χ0n) is 9.63. The van der Waals surface area contributed by atoms with Gasteiger partial charge in [0.15, 0.2) is 0 Å². The first-order chi connectivity index (χ1) is 7.70. The first-order valence-corrected chi connectivity index (χ1v) is 5.99. The fraction of sp³-hybridized carbons (Fsp3) is 0.818. The van der Waals surface area contributed by atoms with Gasteiger partial charge in [-0.1, -0.05) is 6.42 Å². The van der Waals surface area contributed by atoms with E-state index < -0.39 is 0 Å². The molecular weight excluding hydrogens is 206 g/mol. The highest BCUT2D eigenvalue weighted by Crippen LogP contribution is 2.06. The van der Waals surface area contributed by atoms with Gasteiger partial charge in [0.1, 0.15) is 0 Å². The molecule has 1 rings (SSSR count). The minimum absolute atomic E-state index is 0.0232. The summed E-state index contributed by atoms with van der Waals surface area (Å²) in [6.45, 7) is 1.56. The summed E-state index contributed by atoms with van der Waals surface area (Å²) in [4.78, 5) is 22.1. The molecule has 1 heterocycles. The second-order valence-corrected chi connectivity index (χ2v) is 4.22. The van der Waals surface area contributed by atoms with Crippen LogP contribution in [-0.4, -0.2) is 30.9 Å². The normalized spacial score (nSPS) is 20.4. The largest absolute Gasteiger partial charge is 0.370 e. The number of primary amides is 1. The second kappa shape index (κ2) is 7.22. The molecule has 92 valence electrons. The van der Waals surface area contributed by atoms with Crippen LogP contribution >= 0.6 is 0 Å². The maximum atomic E-state index is 11.6. The molecule has 0 aliphatic carbocycles. The van der Waals surface area contributed by atoms with E-state index in [1.165, 1.54) is 0 Å². The summed E-state index contributed by atoms with van der Waals surface area (Å²) < 4.78 is 0. The zero-order valence-corrected chi connectivity index (χ0v) is 9.63. The lowest BCUT2D eigenvalue weighted by molar-refractivity contribution is -0.123. The van der Waals surface area contributed by atoms with Crippen LogP contribution in [0.25, 0.3) is 0 Å². The molecule has 0 aromatic rings. The monoisotopic (exact) mass is 227 g/mol. The summed E-state index contributed by atoms with van der Waals surface area (Å²) in [6.07, 6.45) is 5.15. The fourth-order valence-corrected chi connectivity index (χ4v) is 1.83. The third-order valence-corrected chi connectivity index (χ3v) is 2.78. The molecule has 1 fully saturated rings. The summed E-state index contributed by atoms with van der Waals surface area (Å²) in [6, 6.07) is -0.0232. The number of piperidine rings is 1. The summed E-state index contributed by atoms with van der Waals surface area (Å²) in [5.41, 5.74) is 5.02. The molecule has 0 aromatic carbocycles. The number of hydrogen-bond donors (Lipinski definition) is 3. The molecule has 1 atom stereocenters. The first kappa shape index (κ1) is 13.0. The average molecular weight is 227 g/mol. The van der Waals surface area contributed by atoms with Crippen LogP contribution < -0.4 is 16.4 Å². The minimum Gasteiger partial charge on any atom is -0.370 e. The summed E-state index contributed by atoms with van der Waals surface area (Å²) >= 11 is 0. The predicted molar refractivity (Wildman–Crippen MR) is 61.7 cm³/mol. The van der Waals surface area contributed by atoms with E-state index in [1.54, 1.807) is 0 Å². The Bertz CT molecular complexity index is 237. The molecule has 4 N–H and O–H groups in total. The lowest BCUT2D eigenvalue weighted by Gasteiger charge is -2.22. The SMILES string of the molecule is NC(=O)CCCCNC(=O)[C@H]1CCCCN1. The summed E-state index contributed by atoms with van der Waals surface area (Å²) in [5.74, 6) is -0.195. The van der Waals surface area contributed by atoms with Crippen LogP contribution in [-0.2, 0) is 9.59 Å². The van der Waals surface area contributed by atoms with Crippen molar-refractivity contribution in [3.05, 3.63) is 0 Å². The van der Waals surface area contributed by atoms with Gasteiger partial charge in [0.2, 0.25) is 11.8 Å². The molecule has 5 nitrogen and oxygen atoms in total. The molecule has 0 unspecified atom stereocenters. The van der Waals surface area contributed by atoms with Crippen molar-refractivity contribution in [1.82, 2.24) is 10.6 Å². The van der Waals surface area contributed by atoms with E-state index >= 15 is 0 Å². The topological polar surface area (TPSA) is 84.2 Å². The molecule has 0 bridgehead atoms. The van der Waals surface area contributed by atoms with E-state index in [9.17, 15) is 9.59 Å². The molecule has 1 aliphatic heterocycles. The molecule has 1 saturated heterocycles. The number of nitrogens with two attached hydrogens (primary N) is 1. The van der Waals surface area contributed by atoms with Crippen molar-refractivity contribution in [2.75, 3.05) is 13.1 Å². The lowest BCUT2D eigenvalue weighted by atomic mass is 10.0. The molecule has 2 amide bonds. The Labute approximate surface area is 96.1 Å². The van der Waals surface area contributed by atoms with Crippen molar-refractivity contribution in [2.24, 2.45) is 5.73 Å². The van der Waals surface area contributed by atoms with Crippen LogP contribution in [0.3, 0.4) is 0 Å². The predicted octanol–water partition coefficient (Wildman–Crippen LogP) is -0.0997. The van der Waals surface area contributed by atoms with Crippen LogP contribution in [0.5, 0.6) is 0 Å². The number of amides is 2. The zero-order chi connectivity index (χ0) is 11.8. The van der Waals surface area contributed by atoms with E-state index in [0.29, 0.717) is 13.0 Å². The van der Waals surface area contributed by atoms with Crippen molar-refractivity contribution in [3.8, 4) is 0 Å². The highest BCUT2D eigenvalue weighted by atomic mass is 16.2. The first-order valence-electron chi connectivity index (χ1n) is 5.99. The van der Waals surface area contributed by atoms with E-state index in [4.69, 9.17) is 5.73 Å². The van der Waals surface area contributed by atoms with E-state index in [1.807, 2.05) is 0 Å². The van der Waals surface area contributed by atoms with E-state index in [0.717, 1.165) is 38.6 Å². The molecule has 0 aromatic heterocycles. The van der Waals surface area contributed by atoms with Crippen LogP contribution in [0, 0.1) is 0 Å². The molecular formula is C11H21N3O2. The van der Waals surface area contributed by atoms with Crippen LogP contribution in [0.1, 0.15) is 38.5 Å². The quantitative estimate of drug-likeness (QED) is 0.554.